The summed E-state index contributed by atoms with van der Waals surface area (Å²) in [5.41, 5.74) is 2.30. The Morgan fingerprint density at radius 1 is 0.960 bits per heavy atom. The summed E-state index contributed by atoms with van der Waals surface area (Å²) in [4.78, 5) is 12.0. The number of aryl methyl sites for hydroxylation is 1. The van der Waals surface area contributed by atoms with Crippen LogP contribution in [0.1, 0.15) is 21.5 Å². The molecule has 0 fully saturated rings. The second-order valence-electron chi connectivity index (χ2n) is 5.58. The van der Waals surface area contributed by atoms with Crippen molar-refractivity contribution in [2.75, 3.05) is 10.6 Å². The topological polar surface area (TPSA) is 66.9 Å². The Labute approximate surface area is 144 Å². The Bertz CT molecular complexity index is 863. The van der Waals surface area contributed by atoms with Crippen LogP contribution in [0.5, 0.6) is 0 Å². The monoisotopic (exact) mass is 336 g/mol. The number of rotatable bonds is 5. The highest BCUT2D eigenvalue weighted by Crippen LogP contribution is 2.12. The molecule has 0 bridgehead atoms. The minimum absolute atomic E-state index is 0.0362. The Balaban J connectivity index is 1.59. The summed E-state index contributed by atoms with van der Waals surface area (Å²) >= 11 is 0. The summed E-state index contributed by atoms with van der Waals surface area (Å²) in [5.74, 6) is -0.296. The maximum absolute atomic E-state index is 13.6. The first kappa shape index (κ1) is 16.6. The molecule has 2 aromatic carbocycles. The summed E-state index contributed by atoms with van der Waals surface area (Å²) in [6.07, 6.45) is 0. The molecule has 126 valence electrons. The van der Waals surface area contributed by atoms with E-state index in [1.165, 1.54) is 23.8 Å². The molecule has 6 heteroatoms. The third kappa shape index (κ3) is 4.38. The summed E-state index contributed by atoms with van der Waals surface area (Å²) in [6, 6.07) is 17.3. The van der Waals surface area contributed by atoms with Crippen LogP contribution in [0.4, 0.5) is 16.0 Å². The van der Waals surface area contributed by atoms with Gasteiger partial charge in [0.2, 0.25) is 0 Å². The van der Waals surface area contributed by atoms with Crippen LogP contribution < -0.4 is 10.6 Å². The average molecular weight is 336 g/mol. The molecule has 2 N–H and O–H groups in total. The molecule has 0 aliphatic heterocycles. The van der Waals surface area contributed by atoms with Gasteiger partial charge in [-0.25, -0.2) is 4.39 Å². The number of carbonyl (C=O) groups excluding carboxylic acids is 1. The van der Waals surface area contributed by atoms with Gasteiger partial charge in [-0.05, 0) is 36.8 Å². The van der Waals surface area contributed by atoms with Crippen LogP contribution in [-0.4, -0.2) is 16.1 Å². The lowest BCUT2D eigenvalue weighted by atomic mass is 10.1. The number of amides is 1. The molecule has 0 atom stereocenters. The lowest BCUT2D eigenvalue weighted by Crippen LogP contribution is -2.15. The molecule has 0 aliphatic carbocycles. The number of benzene rings is 2. The number of nitrogens with one attached hydrogen (secondary N) is 2. The van der Waals surface area contributed by atoms with E-state index in [-0.39, 0.29) is 11.4 Å². The fourth-order valence-electron chi connectivity index (χ4n) is 2.22. The van der Waals surface area contributed by atoms with Crippen molar-refractivity contribution >= 4 is 17.5 Å². The zero-order chi connectivity index (χ0) is 17.6. The van der Waals surface area contributed by atoms with Crippen LogP contribution in [0.15, 0.2) is 60.7 Å². The van der Waals surface area contributed by atoms with Crippen molar-refractivity contribution in [3.63, 3.8) is 0 Å². The molecule has 25 heavy (non-hydrogen) atoms. The lowest BCUT2D eigenvalue weighted by molar-refractivity contribution is 0.102. The molecule has 3 rings (SSSR count). The first-order valence-corrected chi connectivity index (χ1v) is 7.81. The van der Waals surface area contributed by atoms with E-state index >= 15 is 0 Å². The molecule has 0 aliphatic rings. The Kier molecular flexibility index (Phi) is 4.99. The van der Waals surface area contributed by atoms with E-state index in [1.54, 1.807) is 18.2 Å². The van der Waals surface area contributed by atoms with Gasteiger partial charge >= 0.3 is 0 Å². The smallest absolute Gasteiger partial charge is 0.259 e. The lowest BCUT2D eigenvalue weighted by Gasteiger charge is -2.07. The van der Waals surface area contributed by atoms with Gasteiger partial charge in [-0.2, -0.15) is 0 Å². The van der Waals surface area contributed by atoms with E-state index in [0.717, 1.165) is 5.56 Å². The molecule has 3 aromatic rings. The fraction of sp³-hybridized carbons (Fsp3) is 0.105. The normalized spacial score (nSPS) is 10.3. The number of anilines is 2. The zero-order valence-electron chi connectivity index (χ0n) is 13.7. The zero-order valence-corrected chi connectivity index (χ0v) is 13.7. The fourth-order valence-corrected chi connectivity index (χ4v) is 2.22. The van der Waals surface area contributed by atoms with Gasteiger partial charge in [0, 0.05) is 6.54 Å². The van der Waals surface area contributed by atoms with E-state index in [1.807, 2.05) is 31.2 Å². The van der Waals surface area contributed by atoms with E-state index in [4.69, 9.17) is 0 Å². The number of hydrogen-bond donors (Lipinski definition) is 2. The number of nitrogens with zero attached hydrogens (tertiary/aromatic N) is 2. The number of halogens is 1. The molecule has 0 spiro atoms. The molecule has 0 unspecified atom stereocenters. The highest BCUT2D eigenvalue weighted by molar-refractivity contribution is 6.03. The van der Waals surface area contributed by atoms with Crippen molar-refractivity contribution in [3.8, 4) is 0 Å². The predicted octanol–water partition coefficient (Wildman–Crippen LogP) is 3.79. The summed E-state index contributed by atoms with van der Waals surface area (Å²) in [7, 11) is 0. The largest absolute Gasteiger partial charge is 0.365 e. The van der Waals surface area contributed by atoms with E-state index in [2.05, 4.69) is 20.8 Å². The molecule has 5 nitrogen and oxygen atoms in total. The number of carbonyl (C=O) groups is 1. The van der Waals surface area contributed by atoms with Crippen molar-refractivity contribution in [1.29, 1.82) is 0 Å². The van der Waals surface area contributed by atoms with Crippen LogP contribution in [0.2, 0.25) is 0 Å². The maximum Gasteiger partial charge on any atom is 0.259 e. The van der Waals surface area contributed by atoms with Gasteiger partial charge in [0.15, 0.2) is 5.82 Å². The van der Waals surface area contributed by atoms with E-state index in [9.17, 15) is 9.18 Å². The minimum Gasteiger partial charge on any atom is -0.365 e. The molecular weight excluding hydrogens is 319 g/mol. The molecule has 0 saturated carbocycles. The summed E-state index contributed by atoms with van der Waals surface area (Å²) in [6.45, 7) is 2.66. The van der Waals surface area contributed by atoms with Gasteiger partial charge in [-0.15, -0.1) is 10.2 Å². The van der Waals surface area contributed by atoms with E-state index < -0.39 is 11.7 Å². The second-order valence-corrected chi connectivity index (χ2v) is 5.58. The first-order valence-electron chi connectivity index (χ1n) is 7.81. The average Bonchev–Trinajstić information content (AvgIpc) is 2.63. The van der Waals surface area contributed by atoms with Crippen molar-refractivity contribution in [2.24, 2.45) is 0 Å². The minimum atomic E-state index is -0.579. The Hall–Kier alpha value is -3.28. The van der Waals surface area contributed by atoms with Crippen LogP contribution >= 0.6 is 0 Å². The molecule has 1 heterocycles. The van der Waals surface area contributed by atoms with Crippen molar-refractivity contribution in [2.45, 2.75) is 13.5 Å². The van der Waals surface area contributed by atoms with Crippen molar-refractivity contribution < 1.29 is 9.18 Å². The molecule has 1 amide bonds. The van der Waals surface area contributed by atoms with Crippen LogP contribution in [0, 0.1) is 12.7 Å². The van der Waals surface area contributed by atoms with Crippen LogP contribution in [0.25, 0.3) is 0 Å². The SMILES string of the molecule is Cc1ccc(CNc2ccc(NC(=O)c3ccccc3F)nn2)cc1. The van der Waals surface area contributed by atoms with Gasteiger partial charge in [0.1, 0.15) is 11.6 Å². The summed E-state index contributed by atoms with van der Waals surface area (Å²) < 4.78 is 13.6. The van der Waals surface area contributed by atoms with Crippen molar-refractivity contribution in [3.05, 3.63) is 83.2 Å². The first-order chi connectivity index (χ1) is 12.1. The number of aromatic nitrogens is 2. The Morgan fingerprint density at radius 3 is 2.32 bits per heavy atom. The molecule has 1 aromatic heterocycles. The number of hydrogen-bond acceptors (Lipinski definition) is 4. The maximum atomic E-state index is 13.6. The molecular formula is C19H17FN4O. The van der Waals surface area contributed by atoms with Gasteiger partial charge in [0.05, 0.1) is 5.56 Å². The predicted molar refractivity (Wildman–Crippen MR) is 94.9 cm³/mol. The van der Waals surface area contributed by atoms with Crippen LogP contribution in [0.3, 0.4) is 0 Å². The highest BCUT2D eigenvalue weighted by Gasteiger charge is 2.11. The van der Waals surface area contributed by atoms with Gasteiger partial charge in [0.25, 0.3) is 5.91 Å². The van der Waals surface area contributed by atoms with Crippen LogP contribution in [-0.2, 0) is 6.54 Å². The quantitative estimate of drug-likeness (QED) is 0.744. The van der Waals surface area contributed by atoms with E-state index in [0.29, 0.717) is 12.4 Å². The van der Waals surface area contributed by atoms with Gasteiger partial charge < -0.3 is 10.6 Å². The third-order valence-electron chi connectivity index (χ3n) is 3.62. The summed E-state index contributed by atoms with van der Waals surface area (Å²) in [5, 5.41) is 13.6. The van der Waals surface area contributed by atoms with Gasteiger partial charge in [-0.3, -0.25) is 4.79 Å². The second kappa shape index (κ2) is 7.53. The van der Waals surface area contributed by atoms with Gasteiger partial charge in [-0.1, -0.05) is 42.0 Å². The molecule has 0 radical (unpaired) electrons. The highest BCUT2D eigenvalue weighted by atomic mass is 19.1. The molecule has 0 saturated heterocycles. The Morgan fingerprint density at radius 2 is 1.64 bits per heavy atom. The van der Waals surface area contributed by atoms with Crippen molar-refractivity contribution in [1.82, 2.24) is 10.2 Å². The third-order valence-corrected chi connectivity index (χ3v) is 3.62. The standard InChI is InChI=1S/C19H17FN4O/c1-13-6-8-14(9-7-13)12-21-17-10-11-18(24-23-17)22-19(25)15-4-2-3-5-16(15)20/h2-11H,12H2,1H3,(H,21,23)(H,22,24,25).